The van der Waals surface area contributed by atoms with Gasteiger partial charge in [0.1, 0.15) is 0 Å². The number of hydrogen-bond acceptors (Lipinski definition) is 3. The molecule has 0 radical (unpaired) electrons. The summed E-state index contributed by atoms with van der Waals surface area (Å²) in [5.74, 6) is 0.481. The Morgan fingerprint density at radius 1 is 1.73 bits per heavy atom. The molecule has 56 valence electrons. The van der Waals surface area contributed by atoms with Crippen LogP contribution in [0.4, 0.5) is 5.82 Å². The zero-order valence-electron chi connectivity index (χ0n) is 5.95. The normalized spacial score (nSPS) is 14.2. The standard InChI is InChI=1S/C7H7N3O/c11-5-8-7-4-6-2-1-3-10(6)9-7/h4H,1-3H2. The Morgan fingerprint density at radius 3 is 3.36 bits per heavy atom. The largest absolute Gasteiger partial charge is 0.267 e. The lowest BCUT2D eigenvalue weighted by Crippen LogP contribution is -1.92. The molecule has 11 heavy (non-hydrogen) atoms. The molecular formula is C7H7N3O. The maximum Gasteiger partial charge on any atom is 0.242 e. The summed E-state index contributed by atoms with van der Waals surface area (Å²) in [7, 11) is 0. The van der Waals surface area contributed by atoms with E-state index in [4.69, 9.17) is 0 Å². The second-order valence-electron chi connectivity index (χ2n) is 2.52. The van der Waals surface area contributed by atoms with Crippen molar-refractivity contribution in [2.24, 2.45) is 4.99 Å². The number of fused-ring (bicyclic) bond motifs is 1. The van der Waals surface area contributed by atoms with E-state index in [1.807, 2.05) is 10.7 Å². The molecule has 1 aromatic heterocycles. The third-order valence-electron chi connectivity index (χ3n) is 1.81. The SMILES string of the molecule is O=C=Nc1cc2n(n1)CCC2. The van der Waals surface area contributed by atoms with Crippen LogP contribution in [0.25, 0.3) is 0 Å². The highest BCUT2D eigenvalue weighted by molar-refractivity contribution is 5.44. The van der Waals surface area contributed by atoms with Crippen LogP contribution in [-0.4, -0.2) is 15.9 Å². The Bertz CT molecular complexity index is 301. The van der Waals surface area contributed by atoms with Crippen LogP contribution >= 0.6 is 0 Å². The summed E-state index contributed by atoms with van der Waals surface area (Å²) in [6, 6.07) is 1.83. The predicted octanol–water partition coefficient (Wildman–Crippen LogP) is 0.797. The summed E-state index contributed by atoms with van der Waals surface area (Å²) in [6.45, 7) is 0.948. The van der Waals surface area contributed by atoms with Crippen molar-refractivity contribution in [1.29, 1.82) is 0 Å². The fourth-order valence-corrected chi connectivity index (χ4v) is 1.35. The van der Waals surface area contributed by atoms with Gasteiger partial charge in [-0.2, -0.15) is 5.10 Å². The van der Waals surface area contributed by atoms with Gasteiger partial charge in [0.05, 0.1) is 0 Å². The fourth-order valence-electron chi connectivity index (χ4n) is 1.35. The van der Waals surface area contributed by atoms with Crippen molar-refractivity contribution in [3.05, 3.63) is 11.8 Å². The lowest BCUT2D eigenvalue weighted by Gasteiger charge is -1.88. The minimum Gasteiger partial charge on any atom is -0.267 e. The topological polar surface area (TPSA) is 47.2 Å². The van der Waals surface area contributed by atoms with Crippen molar-refractivity contribution in [3.8, 4) is 0 Å². The average Bonchev–Trinajstić information content (AvgIpc) is 2.46. The number of hydrogen-bond donors (Lipinski definition) is 0. The van der Waals surface area contributed by atoms with Gasteiger partial charge in [-0.1, -0.05) is 0 Å². The molecule has 2 heterocycles. The minimum absolute atomic E-state index is 0.481. The maximum absolute atomic E-state index is 9.86. The van der Waals surface area contributed by atoms with Gasteiger partial charge in [0.15, 0.2) is 5.82 Å². The van der Waals surface area contributed by atoms with Gasteiger partial charge < -0.3 is 0 Å². The van der Waals surface area contributed by atoms with Crippen molar-refractivity contribution in [1.82, 2.24) is 9.78 Å². The summed E-state index contributed by atoms with van der Waals surface area (Å²) >= 11 is 0. The Morgan fingerprint density at radius 2 is 2.64 bits per heavy atom. The van der Waals surface area contributed by atoms with E-state index in [0.717, 1.165) is 19.4 Å². The van der Waals surface area contributed by atoms with E-state index in [1.54, 1.807) is 0 Å². The first-order chi connectivity index (χ1) is 5.40. The van der Waals surface area contributed by atoms with Gasteiger partial charge in [0.2, 0.25) is 6.08 Å². The second-order valence-corrected chi connectivity index (χ2v) is 2.52. The summed E-state index contributed by atoms with van der Waals surface area (Å²) in [5, 5.41) is 4.07. The number of aromatic nitrogens is 2. The predicted molar refractivity (Wildman–Crippen MR) is 38.3 cm³/mol. The average molecular weight is 149 g/mol. The molecule has 0 aromatic carbocycles. The molecule has 1 aromatic rings. The highest BCUT2D eigenvalue weighted by atomic mass is 16.1. The molecule has 0 spiro atoms. The summed E-state index contributed by atoms with van der Waals surface area (Å²) in [6.07, 6.45) is 3.66. The zero-order valence-corrected chi connectivity index (χ0v) is 5.95. The first kappa shape index (κ1) is 6.31. The zero-order chi connectivity index (χ0) is 7.68. The monoisotopic (exact) mass is 149 g/mol. The molecule has 1 aliphatic heterocycles. The molecular weight excluding hydrogens is 142 g/mol. The third-order valence-corrected chi connectivity index (χ3v) is 1.81. The van der Waals surface area contributed by atoms with Crippen molar-refractivity contribution < 1.29 is 4.79 Å². The van der Waals surface area contributed by atoms with Crippen LogP contribution in [0.2, 0.25) is 0 Å². The molecule has 0 bridgehead atoms. The highest BCUT2D eigenvalue weighted by Gasteiger charge is 2.12. The second kappa shape index (κ2) is 2.32. The van der Waals surface area contributed by atoms with Gasteiger partial charge in [-0.05, 0) is 12.8 Å². The lowest BCUT2D eigenvalue weighted by atomic mass is 10.3. The van der Waals surface area contributed by atoms with Gasteiger partial charge in [-0.25, -0.2) is 4.79 Å². The molecule has 2 rings (SSSR count). The molecule has 0 aliphatic carbocycles. The fraction of sp³-hybridized carbons (Fsp3) is 0.429. The van der Waals surface area contributed by atoms with Gasteiger partial charge >= 0.3 is 0 Å². The van der Waals surface area contributed by atoms with E-state index in [2.05, 4.69) is 10.1 Å². The molecule has 0 fully saturated rings. The van der Waals surface area contributed by atoms with Crippen molar-refractivity contribution in [3.63, 3.8) is 0 Å². The van der Waals surface area contributed by atoms with E-state index in [0.29, 0.717) is 5.82 Å². The van der Waals surface area contributed by atoms with Crippen LogP contribution in [0.1, 0.15) is 12.1 Å². The number of carbonyl (C=O) groups excluding carboxylic acids is 1. The molecule has 0 atom stereocenters. The Hall–Kier alpha value is -1.41. The van der Waals surface area contributed by atoms with Gasteiger partial charge in [0.25, 0.3) is 0 Å². The Kier molecular flexibility index (Phi) is 1.33. The molecule has 4 nitrogen and oxygen atoms in total. The van der Waals surface area contributed by atoms with Crippen LogP contribution < -0.4 is 0 Å². The summed E-state index contributed by atoms with van der Waals surface area (Å²) < 4.78 is 1.89. The molecule has 0 amide bonds. The minimum atomic E-state index is 0.481. The van der Waals surface area contributed by atoms with Gasteiger partial charge in [-0.3, -0.25) is 4.68 Å². The molecule has 0 saturated heterocycles. The quantitative estimate of drug-likeness (QED) is 0.438. The van der Waals surface area contributed by atoms with Crippen LogP contribution in [0.5, 0.6) is 0 Å². The van der Waals surface area contributed by atoms with E-state index in [-0.39, 0.29) is 0 Å². The number of rotatable bonds is 1. The molecule has 0 N–H and O–H groups in total. The van der Waals surface area contributed by atoms with Crippen LogP contribution in [0, 0.1) is 0 Å². The molecule has 4 heteroatoms. The first-order valence-corrected chi connectivity index (χ1v) is 3.55. The van der Waals surface area contributed by atoms with E-state index in [9.17, 15) is 4.79 Å². The maximum atomic E-state index is 9.86. The Balaban J connectivity index is 2.41. The van der Waals surface area contributed by atoms with Crippen LogP contribution in [0.3, 0.4) is 0 Å². The lowest BCUT2D eigenvalue weighted by molar-refractivity contribution is 0.565. The Labute approximate surface area is 63.5 Å². The number of aliphatic imine (C=N–C) groups is 1. The molecule has 0 unspecified atom stereocenters. The summed E-state index contributed by atoms with van der Waals surface area (Å²) in [4.78, 5) is 13.3. The van der Waals surface area contributed by atoms with Crippen molar-refractivity contribution in [2.45, 2.75) is 19.4 Å². The van der Waals surface area contributed by atoms with E-state index in [1.165, 1.54) is 11.8 Å². The van der Waals surface area contributed by atoms with Crippen LogP contribution in [-0.2, 0) is 17.8 Å². The third kappa shape index (κ3) is 0.972. The highest BCUT2D eigenvalue weighted by Crippen LogP contribution is 2.18. The smallest absolute Gasteiger partial charge is 0.242 e. The van der Waals surface area contributed by atoms with Gasteiger partial charge in [0, 0.05) is 18.3 Å². The van der Waals surface area contributed by atoms with Crippen molar-refractivity contribution >= 4 is 11.9 Å². The van der Waals surface area contributed by atoms with Gasteiger partial charge in [-0.15, -0.1) is 4.99 Å². The van der Waals surface area contributed by atoms with E-state index >= 15 is 0 Å². The number of aryl methyl sites for hydroxylation is 2. The van der Waals surface area contributed by atoms with Crippen LogP contribution in [0.15, 0.2) is 11.1 Å². The first-order valence-electron chi connectivity index (χ1n) is 3.55. The number of isocyanates is 1. The van der Waals surface area contributed by atoms with E-state index < -0.39 is 0 Å². The van der Waals surface area contributed by atoms with Crippen molar-refractivity contribution in [2.75, 3.05) is 0 Å². The summed E-state index contributed by atoms with van der Waals surface area (Å²) in [5.41, 5.74) is 1.17. The molecule has 1 aliphatic rings. The number of nitrogens with zero attached hydrogens (tertiary/aromatic N) is 3. The molecule has 0 saturated carbocycles.